The predicted octanol–water partition coefficient (Wildman–Crippen LogP) is 3.12. The monoisotopic (exact) mass is 366 g/mol. The Morgan fingerprint density at radius 3 is 2.73 bits per heavy atom. The van der Waals surface area contributed by atoms with Crippen molar-refractivity contribution in [2.75, 3.05) is 11.4 Å². The van der Waals surface area contributed by atoms with Crippen molar-refractivity contribution in [1.82, 2.24) is 4.57 Å². The zero-order valence-electron chi connectivity index (χ0n) is 13.8. The lowest BCUT2D eigenvalue weighted by molar-refractivity contribution is -0.274. The smallest absolute Gasteiger partial charge is 0.406 e. The van der Waals surface area contributed by atoms with Gasteiger partial charge in [-0.3, -0.25) is 9.59 Å². The van der Waals surface area contributed by atoms with E-state index in [-0.39, 0.29) is 30.2 Å². The summed E-state index contributed by atoms with van der Waals surface area (Å²) in [6.07, 6.45) is -1.78. The largest absolute Gasteiger partial charge is 0.573 e. The van der Waals surface area contributed by atoms with E-state index in [0.717, 1.165) is 0 Å². The third-order valence-corrected chi connectivity index (χ3v) is 4.17. The molecule has 1 aromatic heterocycles. The first-order valence-corrected chi connectivity index (χ1v) is 8.18. The molecule has 0 N–H and O–H groups in total. The summed E-state index contributed by atoms with van der Waals surface area (Å²) in [7, 11) is 0. The highest BCUT2D eigenvalue weighted by Gasteiger charge is 2.32. The fraction of sp³-hybridized carbons (Fsp3) is 0.333. The molecule has 1 aliphatic rings. The molecule has 0 saturated heterocycles. The first-order chi connectivity index (χ1) is 12.3. The Balaban J connectivity index is 1.73. The number of ether oxygens (including phenoxy) is 1. The van der Waals surface area contributed by atoms with E-state index in [2.05, 4.69) is 4.74 Å². The van der Waals surface area contributed by atoms with Gasteiger partial charge in [-0.15, -0.1) is 13.2 Å². The highest BCUT2D eigenvalue weighted by molar-refractivity contribution is 5.94. The van der Waals surface area contributed by atoms with Crippen LogP contribution in [0.1, 0.15) is 18.4 Å². The second kappa shape index (κ2) is 7.23. The van der Waals surface area contributed by atoms with Crippen molar-refractivity contribution in [1.29, 1.82) is 0 Å². The molecule has 1 aliphatic heterocycles. The van der Waals surface area contributed by atoms with Crippen LogP contribution in [0, 0.1) is 0 Å². The summed E-state index contributed by atoms with van der Waals surface area (Å²) >= 11 is 0. The van der Waals surface area contributed by atoms with Gasteiger partial charge in [0, 0.05) is 37.5 Å². The summed E-state index contributed by atoms with van der Waals surface area (Å²) < 4.78 is 42.5. The standard InChI is InChI=1S/C18H17F3N2O3/c19-18(20,21)26-14-6-7-15-13(12-14)4-3-10-23(15)17(25)8-11-22-9-2-1-5-16(22)24/h1-2,5-7,9,12H,3-4,8,10-11H2. The van der Waals surface area contributed by atoms with Crippen LogP contribution in [-0.2, 0) is 17.8 Å². The van der Waals surface area contributed by atoms with Crippen LogP contribution in [0.3, 0.4) is 0 Å². The number of aromatic nitrogens is 1. The highest BCUT2D eigenvalue weighted by atomic mass is 19.4. The maximum atomic E-state index is 12.6. The van der Waals surface area contributed by atoms with E-state index in [1.165, 1.54) is 28.8 Å². The van der Waals surface area contributed by atoms with E-state index < -0.39 is 6.36 Å². The minimum Gasteiger partial charge on any atom is -0.406 e. The van der Waals surface area contributed by atoms with Crippen molar-refractivity contribution >= 4 is 11.6 Å². The number of anilines is 1. The Labute approximate surface area is 147 Å². The van der Waals surface area contributed by atoms with Crippen LogP contribution < -0.4 is 15.2 Å². The highest BCUT2D eigenvalue weighted by Crippen LogP contribution is 2.33. The number of hydrogen-bond acceptors (Lipinski definition) is 3. The number of benzene rings is 1. The molecule has 0 atom stereocenters. The van der Waals surface area contributed by atoms with E-state index in [1.807, 2.05) is 0 Å². The van der Waals surface area contributed by atoms with Gasteiger partial charge in [-0.2, -0.15) is 0 Å². The lowest BCUT2D eigenvalue weighted by Crippen LogP contribution is -2.36. The minimum atomic E-state index is -4.75. The molecule has 0 bridgehead atoms. The van der Waals surface area contributed by atoms with Crippen LogP contribution in [0.5, 0.6) is 5.75 Å². The molecular weight excluding hydrogens is 349 g/mol. The fourth-order valence-electron chi connectivity index (χ4n) is 3.03. The topological polar surface area (TPSA) is 51.5 Å². The van der Waals surface area contributed by atoms with E-state index in [4.69, 9.17) is 0 Å². The molecule has 8 heteroatoms. The second-order valence-corrected chi connectivity index (χ2v) is 5.97. The summed E-state index contributed by atoms with van der Waals surface area (Å²) in [6.45, 7) is 0.745. The number of amides is 1. The van der Waals surface area contributed by atoms with Crippen molar-refractivity contribution in [3.8, 4) is 5.75 Å². The minimum absolute atomic E-state index is 0.129. The Morgan fingerprint density at radius 2 is 2.00 bits per heavy atom. The van der Waals surface area contributed by atoms with E-state index in [1.54, 1.807) is 23.2 Å². The van der Waals surface area contributed by atoms with Crippen LogP contribution in [0.2, 0.25) is 0 Å². The molecule has 138 valence electrons. The number of carbonyl (C=O) groups excluding carboxylic acids is 1. The zero-order chi connectivity index (χ0) is 18.7. The van der Waals surface area contributed by atoms with Crippen LogP contribution in [-0.4, -0.2) is 23.4 Å². The normalized spacial score (nSPS) is 14.0. The average Bonchev–Trinajstić information content (AvgIpc) is 2.58. The Hall–Kier alpha value is -2.77. The fourth-order valence-corrected chi connectivity index (χ4v) is 3.03. The van der Waals surface area contributed by atoms with Crippen molar-refractivity contribution in [2.24, 2.45) is 0 Å². The van der Waals surface area contributed by atoms with Crippen LogP contribution in [0.4, 0.5) is 18.9 Å². The molecule has 0 fully saturated rings. The number of carbonyl (C=O) groups is 1. The Morgan fingerprint density at radius 1 is 1.19 bits per heavy atom. The molecule has 0 radical (unpaired) electrons. The van der Waals surface area contributed by atoms with Gasteiger partial charge in [-0.05, 0) is 42.7 Å². The maximum Gasteiger partial charge on any atom is 0.573 e. The van der Waals surface area contributed by atoms with Gasteiger partial charge >= 0.3 is 6.36 Å². The van der Waals surface area contributed by atoms with Gasteiger partial charge in [0.15, 0.2) is 0 Å². The number of aryl methyl sites for hydroxylation is 2. The summed E-state index contributed by atoms with van der Waals surface area (Å²) in [4.78, 5) is 25.8. The molecule has 5 nitrogen and oxygen atoms in total. The molecule has 3 rings (SSSR count). The lowest BCUT2D eigenvalue weighted by atomic mass is 10.0. The van der Waals surface area contributed by atoms with Crippen LogP contribution >= 0.6 is 0 Å². The Kier molecular flexibility index (Phi) is 5.01. The maximum absolute atomic E-state index is 12.6. The van der Waals surface area contributed by atoms with Gasteiger partial charge in [0.2, 0.25) is 5.91 Å². The Bertz CT molecular complexity index is 861. The summed E-state index contributed by atoms with van der Waals surface area (Å²) in [5, 5.41) is 0. The number of rotatable bonds is 4. The summed E-state index contributed by atoms with van der Waals surface area (Å²) in [5.41, 5.74) is 1.05. The van der Waals surface area contributed by atoms with Gasteiger partial charge in [-0.1, -0.05) is 6.07 Å². The van der Waals surface area contributed by atoms with Gasteiger partial charge in [0.05, 0.1) is 0 Å². The summed E-state index contributed by atoms with van der Waals surface area (Å²) in [5.74, 6) is -0.465. The SMILES string of the molecule is O=C(CCn1ccccc1=O)N1CCCc2cc(OC(F)(F)F)ccc21. The van der Waals surface area contributed by atoms with E-state index in [9.17, 15) is 22.8 Å². The third kappa shape index (κ3) is 4.25. The number of pyridine rings is 1. The van der Waals surface area contributed by atoms with E-state index >= 15 is 0 Å². The molecule has 0 unspecified atom stereocenters. The molecule has 0 aliphatic carbocycles. The van der Waals surface area contributed by atoms with E-state index in [0.29, 0.717) is 30.6 Å². The first kappa shape index (κ1) is 18.0. The summed E-state index contributed by atoms with van der Waals surface area (Å²) in [6, 6.07) is 8.76. The van der Waals surface area contributed by atoms with Crippen molar-refractivity contribution in [3.63, 3.8) is 0 Å². The molecule has 1 aromatic carbocycles. The van der Waals surface area contributed by atoms with Crippen molar-refractivity contribution in [2.45, 2.75) is 32.2 Å². The predicted molar refractivity (Wildman–Crippen MR) is 89.1 cm³/mol. The molecule has 2 aromatic rings. The second-order valence-electron chi connectivity index (χ2n) is 5.97. The van der Waals surface area contributed by atoms with Crippen molar-refractivity contribution in [3.05, 3.63) is 58.5 Å². The lowest BCUT2D eigenvalue weighted by Gasteiger charge is -2.30. The molecular formula is C18H17F3N2O3. The molecule has 26 heavy (non-hydrogen) atoms. The molecule has 0 saturated carbocycles. The number of hydrogen-bond donors (Lipinski definition) is 0. The third-order valence-electron chi connectivity index (χ3n) is 4.17. The number of alkyl halides is 3. The number of nitrogens with zero attached hydrogens (tertiary/aromatic N) is 2. The molecule has 1 amide bonds. The van der Waals surface area contributed by atoms with Crippen LogP contribution in [0.25, 0.3) is 0 Å². The van der Waals surface area contributed by atoms with Gasteiger partial charge in [0.25, 0.3) is 5.56 Å². The number of fused-ring (bicyclic) bond motifs is 1. The van der Waals surface area contributed by atoms with Gasteiger partial charge in [-0.25, -0.2) is 0 Å². The van der Waals surface area contributed by atoms with Crippen LogP contribution in [0.15, 0.2) is 47.4 Å². The average molecular weight is 366 g/mol. The van der Waals surface area contributed by atoms with Gasteiger partial charge in [0.1, 0.15) is 5.75 Å². The quantitative estimate of drug-likeness (QED) is 0.836. The van der Waals surface area contributed by atoms with Crippen molar-refractivity contribution < 1.29 is 22.7 Å². The molecule has 2 heterocycles. The van der Waals surface area contributed by atoms with Gasteiger partial charge < -0.3 is 14.2 Å². The first-order valence-electron chi connectivity index (χ1n) is 8.18. The molecule has 0 spiro atoms. The number of halogens is 3. The zero-order valence-corrected chi connectivity index (χ0v) is 13.8.